The number of hydrogen-bond donors (Lipinski definition) is 1. The molecule has 1 atom stereocenters. The van der Waals surface area contributed by atoms with Gasteiger partial charge in [0.25, 0.3) is 0 Å². The van der Waals surface area contributed by atoms with Gasteiger partial charge in [-0.05, 0) is 27.3 Å². The Morgan fingerprint density at radius 3 is 2.82 bits per heavy atom. The summed E-state index contributed by atoms with van der Waals surface area (Å²) in [6, 6.07) is 0.674. The quantitative estimate of drug-likeness (QED) is 0.697. The van der Waals surface area contributed by atoms with Gasteiger partial charge in [-0.1, -0.05) is 6.92 Å². The summed E-state index contributed by atoms with van der Waals surface area (Å²) in [5.74, 6) is 1.09. The lowest BCUT2D eigenvalue weighted by Crippen LogP contribution is -2.35. The Morgan fingerprint density at radius 1 is 1.47 bits per heavy atom. The number of aromatic nitrogens is 2. The molecule has 1 heterocycles. The Bertz CT molecular complexity index is 308. The maximum atomic E-state index is 4.20. The van der Waals surface area contributed by atoms with Crippen LogP contribution >= 0.6 is 0 Å². The van der Waals surface area contributed by atoms with Gasteiger partial charge in [0.2, 0.25) is 0 Å². The number of nitrogens with one attached hydrogen (secondary N) is 1. The molecular formula is C13H26N4. The molecule has 1 aromatic heterocycles. The summed E-state index contributed by atoms with van der Waals surface area (Å²) in [4.78, 5) is 6.60. The lowest BCUT2D eigenvalue weighted by Gasteiger charge is -2.23. The van der Waals surface area contributed by atoms with Crippen molar-refractivity contribution in [1.82, 2.24) is 19.8 Å². The van der Waals surface area contributed by atoms with E-state index in [1.54, 1.807) is 0 Å². The van der Waals surface area contributed by atoms with Crippen LogP contribution in [0.2, 0.25) is 0 Å². The fraction of sp³-hybridized carbons (Fsp3) is 0.769. The van der Waals surface area contributed by atoms with Crippen LogP contribution in [-0.4, -0.2) is 47.2 Å². The number of likely N-dealkylation sites (N-methyl/N-ethyl adjacent to an activating group) is 1. The second kappa shape index (κ2) is 7.45. The number of imidazole rings is 1. The maximum Gasteiger partial charge on any atom is 0.105 e. The van der Waals surface area contributed by atoms with Crippen molar-refractivity contribution in [3.8, 4) is 0 Å². The zero-order chi connectivity index (χ0) is 12.7. The SMILES string of the molecule is CCC(C)N(C)CCNCCn1ccnc1C. The van der Waals surface area contributed by atoms with E-state index in [0.717, 1.165) is 32.0 Å². The van der Waals surface area contributed by atoms with Crippen LogP contribution in [0.5, 0.6) is 0 Å². The van der Waals surface area contributed by atoms with Crippen LogP contribution in [0.3, 0.4) is 0 Å². The van der Waals surface area contributed by atoms with Gasteiger partial charge in [-0.3, -0.25) is 0 Å². The standard InChI is InChI=1S/C13H26N4/c1-5-12(2)16(4)9-6-14-7-10-17-11-8-15-13(17)3/h8,11-12,14H,5-7,9-10H2,1-4H3. The molecule has 0 radical (unpaired) electrons. The molecule has 0 fully saturated rings. The second-order valence-electron chi connectivity index (χ2n) is 4.66. The van der Waals surface area contributed by atoms with Gasteiger partial charge >= 0.3 is 0 Å². The monoisotopic (exact) mass is 238 g/mol. The van der Waals surface area contributed by atoms with Gasteiger partial charge < -0.3 is 14.8 Å². The largest absolute Gasteiger partial charge is 0.334 e. The van der Waals surface area contributed by atoms with Gasteiger partial charge in [-0.25, -0.2) is 4.98 Å². The average Bonchev–Trinajstić information content (AvgIpc) is 2.73. The number of nitrogens with zero attached hydrogens (tertiary/aromatic N) is 3. The molecule has 98 valence electrons. The lowest BCUT2D eigenvalue weighted by atomic mass is 10.2. The molecule has 4 nitrogen and oxygen atoms in total. The number of hydrogen-bond acceptors (Lipinski definition) is 3. The Morgan fingerprint density at radius 2 is 2.24 bits per heavy atom. The highest BCUT2D eigenvalue weighted by Gasteiger charge is 2.05. The highest BCUT2D eigenvalue weighted by atomic mass is 15.1. The molecule has 0 aliphatic carbocycles. The summed E-state index contributed by atoms with van der Waals surface area (Å²) < 4.78 is 2.17. The van der Waals surface area contributed by atoms with E-state index in [1.807, 2.05) is 19.3 Å². The first-order chi connectivity index (χ1) is 8.15. The molecule has 4 heteroatoms. The molecule has 0 aliphatic heterocycles. The van der Waals surface area contributed by atoms with Crippen LogP contribution < -0.4 is 5.32 Å². The fourth-order valence-corrected chi connectivity index (χ4v) is 1.75. The highest BCUT2D eigenvalue weighted by Crippen LogP contribution is 1.98. The van der Waals surface area contributed by atoms with Crippen molar-refractivity contribution in [2.45, 2.75) is 39.8 Å². The molecule has 17 heavy (non-hydrogen) atoms. The van der Waals surface area contributed by atoms with Crippen molar-refractivity contribution in [2.24, 2.45) is 0 Å². The third-order valence-corrected chi connectivity index (χ3v) is 3.44. The van der Waals surface area contributed by atoms with Crippen LogP contribution in [0, 0.1) is 6.92 Å². The third kappa shape index (κ3) is 4.88. The minimum absolute atomic E-state index is 0.674. The van der Waals surface area contributed by atoms with Crippen molar-refractivity contribution in [1.29, 1.82) is 0 Å². The van der Waals surface area contributed by atoms with E-state index in [-0.39, 0.29) is 0 Å². The van der Waals surface area contributed by atoms with Crippen molar-refractivity contribution < 1.29 is 0 Å². The summed E-state index contributed by atoms with van der Waals surface area (Å²) in [6.45, 7) is 10.7. The van der Waals surface area contributed by atoms with E-state index >= 15 is 0 Å². The predicted molar refractivity (Wildman–Crippen MR) is 72.2 cm³/mol. The molecule has 1 N–H and O–H groups in total. The average molecular weight is 238 g/mol. The topological polar surface area (TPSA) is 33.1 Å². The summed E-state index contributed by atoms with van der Waals surface area (Å²) >= 11 is 0. The first-order valence-electron chi connectivity index (χ1n) is 6.53. The lowest BCUT2D eigenvalue weighted by molar-refractivity contribution is 0.251. The van der Waals surface area contributed by atoms with Crippen molar-refractivity contribution in [3.63, 3.8) is 0 Å². The van der Waals surface area contributed by atoms with Crippen molar-refractivity contribution in [3.05, 3.63) is 18.2 Å². The van der Waals surface area contributed by atoms with Crippen LogP contribution in [0.1, 0.15) is 26.1 Å². The van der Waals surface area contributed by atoms with Gasteiger partial charge in [0.1, 0.15) is 5.82 Å². The van der Waals surface area contributed by atoms with Crippen LogP contribution in [0.4, 0.5) is 0 Å². The zero-order valence-corrected chi connectivity index (χ0v) is 11.6. The minimum Gasteiger partial charge on any atom is -0.334 e. The molecule has 1 aromatic rings. The normalized spacial score (nSPS) is 13.2. The molecule has 0 aliphatic rings. The third-order valence-electron chi connectivity index (χ3n) is 3.44. The Hall–Kier alpha value is -0.870. The van der Waals surface area contributed by atoms with E-state index in [0.29, 0.717) is 6.04 Å². The van der Waals surface area contributed by atoms with Gasteiger partial charge in [0, 0.05) is 44.6 Å². The molecule has 0 saturated carbocycles. The van der Waals surface area contributed by atoms with Crippen LogP contribution in [0.15, 0.2) is 12.4 Å². The van der Waals surface area contributed by atoms with Crippen LogP contribution in [-0.2, 0) is 6.54 Å². The van der Waals surface area contributed by atoms with Gasteiger partial charge in [-0.2, -0.15) is 0 Å². The summed E-state index contributed by atoms with van der Waals surface area (Å²) in [6.07, 6.45) is 5.10. The number of rotatable bonds is 8. The molecule has 0 aromatic carbocycles. The van der Waals surface area contributed by atoms with E-state index in [1.165, 1.54) is 6.42 Å². The highest BCUT2D eigenvalue weighted by molar-refractivity contribution is 4.88. The molecular weight excluding hydrogens is 212 g/mol. The summed E-state index contributed by atoms with van der Waals surface area (Å²) in [5.41, 5.74) is 0. The Kier molecular flexibility index (Phi) is 6.22. The van der Waals surface area contributed by atoms with Crippen molar-refractivity contribution in [2.75, 3.05) is 26.7 Å². The van der Waals surface area contributed by atoms with Gasteiger partial charge in [0.05, 0.1) is 0 Å². The molecule has 0 spiro atoms. The first kappa shape index (κ1) is 14.2. The van der Waals surface area contributed by atoms with E-state index in [2.05, 4.69) is 40.7 Å². The van der Waals surface area contributed by atoms with Gasteiger partial charge in [0.15, 0.2) is 0 Å². The molecule has 0 amide bonds. The Labute approximate surface area is 105 Å². The summed E-state index contributed by atoms with van der Waals surface area (Å²) in [5, 5.41) is 3.47. The van der Waals surface area contributed by atoms with Crippen LogP contribution in [0.25, 0.3) is 0 Å². The molecule has 0 bridgehead atoms. The molecule has 1 unspecified atom stereocenters. The smallest absolute Gasteiger partial charge is 0.105 e. The first-order valence-corrected chi connectivity index (χ1v) is 6.53. The van der Waals surface area contributed by atoms with Gasteiger partial charge in [-0.15, -0.1) is 0 Å². The fourth-order valence-electron chi connectivity index (χ4n) is 1.75. The van der Waals surface area contributed by atoms with E-state index in [9.17, 15) is 0 Å². The predicted octanol–water partition coefficient (Wildman–Crippen LogP) is 1.51. The number of aryl methyl sites for hydroxylation is 1. The second-order valence-corrected chi connectivity index (χ2v) is 4.66. The van der Waals surface area contributed by atoms with Crippen molar-refractivity contribution >= 4 is 0 Å². The molecule has 1 rings (SSSR count). The molecule has 0 saturated heterocycles. The minimum atomic E-state index is 0.674. The Balaban J connectivity index is 2.07. The zero-order valence-electron chi connectivity index (χ0n) is 11.6. The maximum absolute atomic E-state index is 4.20. The van der Waals surface area contributed by atoms with E-state index < -0.39 is 0 Å². The van der Waals surface area contributed by atoms with E-state index in [4.69, 9.17) is 0 Å². The summed E-state index contributed by atoms with van der Waals surface area (Å²) in [7, 11) is 2.19.